The molecule has 0 amide bonds. The molecular formula is C6H2BClF5K. The molecule has 1 aromatic rings. The van der Waals surface area contributed by atoms with Crippen molar-refractivity contribution in [2.24, 2.45) is 0 Å². The molecule has 0 saturated heterocycles. The largest absolute Gasteiger partial charge is 1.00 e. The summed E-state index contributed by atoms with van der Waals surface area (Å²) in [6, 6.07) is 0.812. The van der Waals surface area contributed by atoms with Crippen LogP contribution in [0.25, 0.3) is 0 Å². The van der Waals surface area contributed by atoms with E-state index in [9.17, 15) is 21.7 Å². The Morgan fingerprint density at radius 1 is 1.07 bits per heavy atom. The normalized spacial score (nSPS) is 11.0. The van der Waals surface area contributed by atoms with Crippen molar-refractivity contribution in [3.8, 4) is 0 Å². The fourth-order valence-electron chi connectivity index (χ4n) is 0.794. The summed E-state index contributed by atoms with van der Waals surface area (Å²) < 4.78 is 61.1. The van der Waals surface area contributed by atoms with Gasteiger partial charge in [-0.1, -0.05) is 23.1 Å². The smallest absolute Gasteiger partial charge is 0.445 e. The topological polar surface area (TPSA) is 0 Å². The molecular weight excluding hydrogens is 252 g/mol. The molecule has 0 nitrogen and oxygen atoms in total. The molecule has 0 saturated carbocycles. The van der Waals surface area contributed by atoms with Crippen molar-refractivity contribution in [3.05, 3.63) is 28.8 Å². The van der Waals surface area contributed by atoms with Gasteiger partial charge >= 0.3 is 58.4 Å². The summed E-state index contributed by atoms with van der Waals surface area (Å²) >= 11 is 4.95. The minimum Gasteiger partial charge on any atom is -0.445 e. The molecule has 0 aliphatic heterocycles. The van der Waals surface area contributed by atoms with Crippen LogP contribution in [0, 0.1) is 11.6 Å². The van der Waals surface area contributed by atoms with Crippen molar-refractivity contribution in [1.29, 1.82) is 0 Å². The Hall–Kier alpha value is 0.861. The van der Waals surface area contributed by atoms with Crippen LogP contribution in [-0.2, 0) is 0 Å². The van der Waals surface area contributed by atoms with Crippen LogP contribution in [-0.4, -0.2) is 6.98 Å². The fourth-order valence-corrected chi connectivity index (χ4v) is 0.966. The van der Waals surface area contributed by atoms with E-state index in [0.29, 0.717) is 12.1 Å². The fraction of sp³-hybridized carbons (Fsp3) is 0. The molecule has 0 radical (unpaired) electrons. The third kappa shape index (κ3) is 3.18. The summed E-state index contributed by atoms with van der Waals surface area (Å²) in [7, 11) is 0. The first kappa shape index (κ1) is 14.9. The van der Waals surface area contributed by atoms with Gasteiger partial charge in [0.1, 0.15) is 16.7 Å². The molecule has 0 heterocycles. The first-order valence-corrected chi connectivity index (χ1v) is 3.55. The SMILES string of the molecule is Fc1ccc([B-](F)(F)F)c(F)c1Cl.[K+]. The summed E-state index contributed by atoms with van der Waals surface area (Å²) in [4.78, 5) is 0. The van der Waals surface area contributed by atoms with E-state index in [1.807, 2.05) is 0 Å². The zero-order chi connectivity index (χ0) is 10.2. The maximum absolute atomic E-state index is 12.7. The van der Waals surface area contributed by atoms with Crippen LogP contribution in [0.5, 0.6) is 0 Å². The van der Waals surface area contributed by atoms with Crippen molar-refractivity contribution in [2.45, 2.75) is 0 Å². The Morgan fingerprint density at radius 3 is 2.00 bits per heavy atom. The second kappa shape index (κ2) is 5.27. The van der Waals surface area contributed by atoms with Crippen LogP contribution in [0.4, 0.5) is 21.7 Å². The Balaban J connectivity index is 0.00000169. The van der Waals surface area contributed by atoms with E-state index in [4.69, 9.17) is 11.6 Å². The van der Waals surface area contributed by atoms with Gasteiger partial charge in [-0.3, -0.25) is 0 Å². The van der Waals surface area contributed by atoms with Gasteiger partial charge in [-0.15, -0.1) is 0 Å². The van der Waals surface area contributed by atoms with E-state index in [2.05, 4.69) is 0 Å². The van der Waals surface area contributed by atoms with E-state index in [0.717, 1.165) is 0 Å². The number of hydrogen-bond donors (Lipinski definition) is 0. The summed E-state index contributed by atoms with van der Waals surface area (Å²) in [6.45, 7) is -5.49. The van der Waals surface area contributed by atoms with E-state index < -0.39 is 29.1 Å². The van der Waals surface area contributed by atoms with E-state index in [1.54, 1.807) is 0 Å². The monoisotopic (exact) mass is 254 g/mol. The first-order valence-electron chi connectivity index (χ1n) is 3.17. The van der Waals surface area contributed by atoms with E-state index >= 15 is 0 Å². The number of halogens is 6. The summed E-state index contributed by atoms with van der Waals surface area (Å²) in [5.74, 6) is -2.96. The summed E-state index contributed by atoms with van der Waals surface area (Å²) in [5.41, 5.74) is -1.51. The molecule has 1 aromatic carbocycles. The minimum atomic E-state index is -5.49. The van der Waals surface area contributed by atoms with Gasteiger partial charge in [0, 0.05) is 0 Å². The molecule has 0 N–H and O–H groups in total. The summed E-state index contributed by atoms with van der Waals surface area (Å²) in [6.07, 6.45) is 0. The van der Waals surface area contributed by atoms with Crippen molar-refractivity contribution < 1.29 is 73.1 Å². The van der Waals surface area contributed by atoms with Gasteiger partial charge in [-0.05, 0) is 6.07 Å². The van der Waals surface area contributed by atoms with Crippen LogP contribution in [0.2, 0.25) is 5.02 Å². The molecule has 0 fully saturated rings. The van der Waals surface area contributed by atoms with Gasteiger partial charge in [-0.2, -0.15) is 0 Å². The van der Waals surface area contributed by atoms with Crippen molar-refractivity contribution in [3.63, 3.8) is 0 Å². The maximum atomic E-state index is 12.7. The van der Waals surface area contributed by atoms with E-state index in [-0.39, 0.29) is 51.4 Å². The molecule has 0 bridgehead atoms. The minimum absolute atomic E-state index is 0. The first-order chi connectivity index (χ1) is 5.84. The number of hydrogen-bond acceptors (Lipinski definition) is 0. The van der Waals surface area contributed by atoms with Crippen molar-refractivity contribution in [1.82, 2.24) is 0 Å². The van der Waals surface area contributed by atoms with Gasteiger partial charge < -0.3 is 12.9 Å². The third-order valence-electron chi connectivity index (χ3n) is 1.42. The average molecular weight is 254 g/mol. The Morgan fingerprint density at radius 2 is 1.57 bits per heavy atom. The van der Waals surface area contributed by atoms with Gasteiger partial charge in [0.25, 0.3) is 0 Å². The second-order valence-electron chi connectivity index (χ2n) is 2.34. The average Bonchev–Trinajstić information content (AvgIpc) is 1.98. The maximum Gasteiger partial charge on any atom is 1.00 e. The van der Waals surface area contributed by atoms with Crippen LogP contribution in [0.15, 0.2) is 12.1 Å². The predicted molar refractivity (Wildman–Crippen MR) is 40.1 cm³/mol. The predicted octanol–water partition coefficient (Wildman–Crippen LogP) is -0.323. The molecule has 0 aliphatic carbocycles. The Kier molecular flexibility index (Phi) is 5.59. The van der Waals surface area contributed by atoms with Gasteiger partial charge in [0.05, 0.1) is 0 Å². The zero-order valence-electron chi connectivity index (χ0n) is 7.00. The molecule has 0 spiro atoms. The number of benzene rings is 1. The van der Waals surface area contributed by atoms with E-state index in [1.165, 1.54) is 0 Å². The van der Waals surface area contributed by atoms with Crippen LogP contribution in [0.1, 0.15) is 0 Å². The Labute approximate surface area is 124 Å². The van der Waals surface area contributed by atoms with Crippen LogP contribution < -0.4 is 56.8 Å². The molecule has 1 rings (SSSR count). The Bertz CT molecular complexity index is 340. The molecule has 14 heavy (non-hydrogen) atoms. The van der Waals surface area contributed by atoms with Crippen molar-refractivity contribution in [2.75, 3.05) is 0 Å². The van der Waals surface area contributed by atoms with Crippen LogP contribution >= 0.6 is 11.6 Å². The molecule has 0 unspecified atom stereocenters. The van der Waals surface area contributed by atoms with Crippen molar-refractivity contribution >= 4 is 24.0 Å². The molecule has 0 aromatic heterocycles. The molecule has 0 aliphatic rings. The third-order valence-corrected chi connectivity index (χ3v) is 1.76. The van der Waals surface area contributed by atoms with Gasteiger partial charge in [-0.25, -0.2) is 8.78 Å². The van der Waals surface area contributed by atoms with Gasteiger partial charge in [0.15, 0.2) is 0 Å². The molecule has 72 valence electrons. The molecule has 8 heteroatoms. The van der Waals surface area contributed by atoms with Gasteiger partial charge in [0.2, 0.25) is 0 Å². The molecule has 0 atom stereocenters. The standard InChI is InChI=1S/C6H2BClF5.K/c8-5-4(9)2-1-3(6(5)10)7(11,12)13;/h1-2H;/q-1;+1. The summed E-state index contributed by atoms with van der Waals surface area (Å²) in [5, 5.41) is -1.13. The number of rotatable bonds is 1. The zero-order valence-corrected chi connectivity index (χ0v) is 10.9. The van der Waals surface area contributed by atoms with Crippen LogP contribution in [0.3, 0.4) is 0 Å². The second-order valence-corrected chi connectivity index (χ2v) is 2.72. The quantitative estimate of drug-likeness (QED) is 0.366.